The fourth-order valence-corrected chi connectivity index (χ4v) is 2.64. The summed E-state index contributed by atoms with van der Waals surface area (Å²) < 4.78 is 0. The number of nitrogens with zero attached hydrogens (tertiary/aromatic N) is 1. The Morgan fingerprint density at radius 1 is 1.08 bits per heavy atom. The van der Waals surface area contributed by atoms with Gasteiger partial charge in [0.25, 0.3) is 0 Å². The van der Waals surface area contributed by atoms with E-state index in [9.17, 15) is 0 Å². The van der Waals surface area contributed by atoms with Crippen LogP contribution in [0.3, 0.4) is 0 Å². The standard InChI is InChI=1S/C19H21ClN4.HI/c1-2-21-19(22-12-14-7-9-16(20)10-8-14)23-13-17-11-15-5-3-4-6-18(15)24-17;/h3-11,24H,2,12-13H2,1H3,(H2,21,22,23);1H. The molecule has 4 nitrogen and oxygen atoms in total. The first-order valence-electron chi connectivity index (χ1n) is 8.08. The van der Waals surface area contributed by atoms with E-state index in [0.29, 0.717) is 13.1 Å². The number of para-hydroxylation sites is 1. The molecule has 0 atom stereocenters. The van der Waals surface area contributed by atoms with E-state index in [1.807, 2.05) is 36.4 Å². The average molecular weight is 469 g/mol. The zero-order chi connectivity index (χ0) is 16.8. The molecule has 2 aromatic carbocycles. The fraction of sp³-hybridized carbons (Fsp3) is 0.211. The van der Waals surface area contributed by atoms with Crippen LogP contribution in [0.5, 0.6) is 0 Å². The lowest BCUT2D eigenvalue weighted by molar-refractivity contribution is 0.805. The summed E-state index contributed by atoms with van der Waals surface area (Å²) in [5, 5.41) is 8.59. The van der Waals surface area contributed by atoms with Gasteiger partial charge in [-0.05, 0) is 42.1 Å². The van der Waals surface area contributed by atoms with E-state index in [1.54, 1.807) is 0 Å². The maximum absolute atomic E-state index is 5.91. The minimum absolute atomic E-state index is 0. The summed E-state index contributed by atoms with van der Waals surface area (Å²) in [7, 11) is 0. The van der Waals surface area contributed by atoms with Crippen LogP contribution in [0, 0.1) is 0 Å². The van der Waals surface area contributed by atoms with E-state index in [-0.39, 0.29) is 24.0 Å². The second-order valence-corrected chi connectivity index (χ2v) is 5.99. The Bertz CT molecular complexity index is 794. The third kappa shape index (κ3) is 5.64. The van der Waals surface area contributed by atoms with E-state index >= 15 is 0 Å². The van der Waals surface area contributed by atoms with Crippen molar-refractivity contribution in [2.24, 2.45) is 4.99 Å². The van der Waals surface area contributed by atoms with Crippen LogP contribution < -0.4 is 10.6 Å². The molecule has 0 bridgehead atoms. The normalized spacial score (nSPS) is 11.2. The molecular weight excluding hydrogens is 447 g/mol. The zero-order valence-electron chi connectivity index (χ0n) is 14.1. The molecule has 0 aliphatic carbocycles. The number of benzene rings is 2. The van der Waals surface area contributed by atoms with Gasteiger partial charge in [-0.1, -0.05) is 41.9 Å². The smallest absolute Gasteiger partial charge is 0.191 e. The maximum atomic E-state index is 5.91. The van der Waals surface area contributed by atoms with Crippen molar-refractivity contribution in [3.05, 3.63) is 70.9 Å². The molecule has 0 fully saturated rings. The van der Waals surface area contributed by atoms with Crippen molar-refractivity contribution < 1.29 is 0 Å². The molecule has 0 amide bonds. The van der Waals surface area contributed by atoms with Gasteiger partial charge in [-0.3, -0.25) is 0 Å². The molecule has 0 saturated carbocycles. The molecule has 0 aliphatic heterocycles. The molecule has 6 heteroatoms. The number of rotatable bonds is 5. The lowest BCUT2D eigenvalue weighted by Crippen LogP contribution is -2.36. The Morgan fingerprint density at radius 3 is 2.56 bits per heavy atom. The van der Waals surface area contributed by atoms with Crippen LogP contribution >= 0.6 is 35.6 Å². The largest absolute Gasteiger partial charge is 0.357 e. The van der Waals surface area contributed by atoms with Crippen LogP contribution in [-0.4, -0.2) is 17.5 Å². The highest BCUT2D eigenvalue weighted by atomic mass is 127. The molecule has 3 rings (SSSR count). The molecule has 0 spiro atoms. The maximum Gasteiger partial charge on any atom is 0.191 e. The van der Waals surface area contributed by atoms with E-state index < -0.39 is 0 Å². The van der Waals surface area contributed by atoms with Crippen molar-refractivity contribution in [2.45, 2.75) is 20.0 Å². The number of fused-ring (bicyclic) bond motifs is 1. The van der Waals surface area contributed by atoms with Crippen molar-refractivity contribution in [2.75, 3.05) is 6.54 Å². The van der Waals surface area contributed by atoms with Gasteiger partial charge in [0.1, 0.15) is 0 Å². The van der Waals surface area contributed by atoms with Gasteiger partial charge in [-0.15, -0.1) is 24.0 Å². The summed E-state index contributed by atoms with van der Waals surface area (Å²) >= 11 is 5.91. The minimum Gasteiger partial charge on any atom is -0.357 e. The second-order valence-electron chi connectivity index (χ2n) is 5.56. The van der Waals surface area contributed by atoms with Crippen molar-refractivity contribution in [1.29, 1.82) is 0 Å². The van der Waals surface area contributed by atoms with E-state index in [1.165, 1.54) is 5.39 Å². The predicted octanol–water partition coefficient (Wildman–Crippen LogP) is 4.69. The monoisotopic (exact) mass is 468 g/mol. The summed E-state index contributed by atoms with van der Waals surface area (Å²) in [5.41, 5.74) is 3.41. The molecule has 1 heterocycles. The molecule has 3 N–H and O–H groups in total. The third-order valence-corrected chi connectivity index (χ3v) is 3.96. The Kier molecular flexibility index (Phi) is 7.58. The van der Waals surface area contributed by atoms with Gasteiger partial charge in [0.05, 0.1) is 13.1 Å². The number of halogens is 2. The van der Waals surface area contributed by atoms with Crippen LogP contribution in [0.2, 0.25) is 5.02 Å². The lowest BCUT2D eigenvalue weighted by Gasteiger charge is -2.10. The molecule has 3 aromatic rings. The van der Waals surface area contributed by atoms with Gasteiger partial charge in [0, 0.05) is 22.8 Å². The Hall–Kier alpha value is -1.73. The molecule has 0 saturated heterocycles. The lowest BCUT2D eigenvalue weighted by atomic mass is 10.2. The molecule has 0 unspecified atom stereocenters. The van der Waals surface area contributed by atoms with Gasteiger partial charge in [0.2, 0.25) is 0 Å². The van der Waals surface area contributed by atoms with Gasteiger partial charge in [-0.25, -0.2) is 4.99 Å². The number of aliphatic imine (C=N–C) groups is 1. The molecule has 1 aromatic heterocycles. The van der Waals surface area contributed by atoms with Crippen LogP contribution in [-0.2, 0) is 13.1 Å². The van der Waals surface area contributed by atoms with Gasteiger partial charge in [-0.2, -0.15) is 0 Å². The quantitative estimate of drug-likeness (QED) is 0.289. The average Bonchev–Trinajstić information content (AvgIpc) is 3.02. The highest BCUT2D eigenvalue weighted by Crippen LogP contribution is 2.14. The number of guanidine groups is 1. The second kappa shape index (κ2) is 9.68. The minimum atomic E-state index is 0. The Balaban J connectivity index is 0.00000225. The van der Waals surface area contributed by atoms with E-state index in [2.05, 4.69) is 45.7 Å². The fourth-order valence-electron chi connectivity index (χ4n) is 2.51. The van der Waals surface area contributed by atoms with Crippen molar-refractivity contribution in [3.8, 4) is 0 Å². The highest BCUT2D eigenvalue weighted by Gasteiger charge is 2.02. The Labute approximate surface area is 170 Å². The number of hydrogen-bond acceptors (Lipinski definition) is 1. The topological polar surface area (TPSA) is 52.2 Å². The summed E-state index contributed by atoms with van der Waals surface area (Å²) in [4.78, 5) is 8.03. The zero-order valence-corrected chi connectivity index (χ0v) is 17.1. The van der Waals surface area contributed by atoms with E-state index in [4.69, 9.17) is 11.6 Å². The first kappa shape index (κ1) is 19.6. The van der Waals surface area contributed by atoms with E-state index in [0.717, 1.165) is 34.3 Å². The molecule has 25 heavy (non-hydrogen) atoms. The van der Waals surface area contributed by atoms with Crippen LogP contribution in [0.4, 0.5) is 0 Å². The first-order valence-corrected chi connectivity index (χ1v) is 8.45. The number of aromatic nitrogens is 1. The van der Waals surface area contributed by atoms with Crippen LogP contribution in [0.25, 0.3) is 10.9 Å². The van der Waals surface area contributed by atoms with Crippen LogP contribution in [0.1, 0.15) is 18.2 Å². The van der Waals surface area contributed by atoms with Crippen molar-refractivity contribution in [1.82, 2.24) is 15.6 Å². The van der Waals surface area contributed by atoms with Crippen LogP contribution in [0.15, 0.2) is 59.6 Å². The van der Waals surface area contributed by atoms with Crippen molar-refractivity contribution >= 4 is 52.4 Å². The summed E-state index contributed by atoms with van der Waals surface area (Å²) in [5.74, 6) is 0.797. The van der Waals surface area contributed by atoms with Gasteiger partial charge >= 0.3 is 0 Å². The highest BCUT2D eigenvalue weighted by molar-refractivity contribution is 14.0. The molecular formula is C19H22ClIN4. The van der Waals surface area contributed by atoms with Crippen molar-refractivity contribution in [3.63, 3.8) is 0 Å². The number of aromatic amines is 1. The molecule has 0 aliphatic rings. The number of nitrogens with one attached hydrogen (secondary N) is 3. The third-order valence-electron chi connectivity index (χ3n) is 3.71. The summed E-state index contributed by atoms with van der Waals surface area (Å²) in [6.45, 7) is 4.18. The predicted molar refractivity (Wildman–Crippen MR) is 117 cm³/mol. The molecule has 0 radical (unpaired) electrons. The number of hydrogen-bond donors (Lipinski definition) is 3. The SMILES string of the molecule is CCNC(=NCc1ccc(Cl)cc1)NCc1cc2ccccc2[nH]1.I. The van der Waals surface area contributed by atoms with Gasteiger partial charge < -0.3 is 15.6 Å². The molecule has 132 valence electrons. The summed E-state index contributed by atoms with van der Waals surface area (Å²) in [6.07, 6.45) is 0. The first-order chi connectivity index (χ1) is 11.7. The summed E-state index contributed by atoms with van der Waals surface area (Å²) in [6, 6.07) is 18.2. The Morgan fingerprint density at radius 2 is 1.84 bits per heavy atom. The number of H-pyrrole nitrogens is 1. The van der Waals surface area contributed by atoms with Gasteiger partial charge in [0.15, 0.2) is 5.96 Å².